The van der Waals surface area contributed by atoms with E-state index >= 15 is 0 Å². The number of aliphatic hydroxyl groups excluding tert-OH is 3. The Kier molecular flexibility index (Phi) is 22.0. The van der Waals surface area contributed by atoms with Crippen LogP contribution in [-0.4, -0.2) is 64.6 Å². The van der Waals surface area contributed by atoms with E-state index in [9.17, 15) is 29.7 Å². The summed E-state index contributed by atoms with van der Waals surface area (Å²) in [4.78, 5) is 36.6. The highest BCUT2D eigenvalue weighted by atomic mass is 16.6. The predicted molar refractivity (Wildman–Crippen MR) is 169 cm³/mol. The SMILES string of the molecule is CCCCC[C@H](O)/C=C/[C@H]1[C@H](O)CC(=O)[C@@H]1C/C=C\CCCC(=O)O[C@@H](CO)COC(=O)CCCCCCCCC(C)C. The van der Waals surface area contributed by atoms with Crippen molar-refractivity contribution >= 4 is 17.7 Å². The van der Waals surface area contributed by atoms with Crippen molar-refractivity contribution in [3.05, 3.63) is 24.3 Å². The Labute approximate surface area is 260 Å². The molecular formula is C35H60O8. The van der Waals surface area contributed by atoms with Crippen LogP contribution in [0.25, 0.3) is 0 Å². The summed E-state index contributed by atoms with van der Waals surface area (Å²) in [5.74, 6) is -0.643. The molecule has 0 saturated heterocycles. The van der Waals surface area contributed by atoms with E-state index in [0.29, 0.717) is 32.1 Å². The Bertz CT molecular complexity index is 821. The molecule has 43 heavy (non-hydrogen) atoms. The van der Waals surface area contributed by atoms with Crippen molar-refractivity contribution in [2.75, 3.05) is 13.2 Å². The Hall–Kier alpha value is -2.03. The molecule has 0 aromatic heterocycles. The topological polar surface area (TPSA) is 130 Å². The standard InChI is InChI=1S/C35H60O8/c1-4-5-12-18-28(37)22-23-31-30(32(38)24-33(31)39)19-14-10-11-16-21-35(41)43-29(25-36)26-42-34(40)20-15-9-7-6-8-13-17-27(2)3/h10,14,22-23,27-31,33,36-37,39H,4-9,11-13,15-21,24-26H2,1-3H3/b14-10-,23-22+/t28-,29-,30+,31+,33+/m0/s1. The van der Waals surface area contributed by atoms with Gasteiger partial charge in [-0.25, -0.2) is 0 Å². The fourth-order valence-electron chi connectivity index (χ4n) is 5.36. The minimum absolute atomic E-state index is 0.0270. The molecule has 1 aliphatic carbocycles. The molecule has 1 rings (SSSR count). The molecule has 0 spiro atoms. The maximum atomic E-state index is 12.4. The van der Waals surface area contributed by atoms with Crippen LogP contribution in [0.1, 0.15) is 130 Å². The quantitative estimate of drug-likeness (QED) is 0.0617. The van der Waals surface area contributed by atoms with Crippen molar-refractivity contribution in [2.24, 2.45) is 17.8 Å². The Balaban J connectivity index is 2.23. The third kappa shape index (κ3) is 19.1. The minimum atomic E-state index is -0.872. The van der Waals surface area contributed by atoms with Crippen LogP contribution in [-0.2, 0) is 23.9 Å². The van der Waals surface area contributed by atoms with E-state index in [0.717, 1.165) is 44.4 Å². The van der Waals surface area contributed by atoms with Crippen LogP contribution in [0.2, 0.25) is 0 Å². The maximum absolute atomic E-state index is 12.4. The number of allylic oxidation sites excluding steroid dienone is 2. The van der Waals surface area contributed by atoms with Crippen LogP contribution in [0, 0.1) is 17.8 Å². The summed E-state index contributed by atoms with van der Waals surface area (Å²) < 4.78 is 10.5. The smallest absolute Gasteiger partial charge is 0.306 e. The van der Waals surface area contributed by atoms with Crippen molar-refractivity contribution < 1.29 is 39.2 Å². The number of hydrogen-bond acceptors (Lipinski definition) is 8. The molecule has 8 nitrogen and oxygen atoms in total. The molecule has 1 fully saturated rings. The normalized spacial score (nSPS) is 20.3. The van der Waals surface area contributed by atoms with Crippen molar-refractivity contribution in [3.63, 3.8) is 0 Å². The summed E-state index contributed by atoms with van der Waals surface area (Å²) in [6.07, 6.45) is 19.0. The molecule has 248 valence electrons. The molecule has 0 bridgehead atoms. The van der Waals surface area contributed by atoms with Crippen LogP contribution in [0.15, 0.2) is 24.3 Å². The van der Waals surface area contributed by atoms with Crippen molar-refractivity contribution in [1.82, 2.24) is 0 Å². The fraction of sp³-hybridized carbons (Fsp3) is 0.800. The highest BCUT2D eigenvalue weighted by Crippen LogP contribution is 2.33. The van der Waals surface area contributed by atoms with E-state index in [-0.39, 0.29) is 43.0 Å². The molecule has 1 saturated carbocycles. The zero-order chi connectivity index (χ0) is 31.9. The first-order chi connectivity index (χ1) is 20.7. The molecule has 8 heteroatoms. The summed E-state index contributed by atoms with van der Waals surface area (Å²) in [5.41, 5.74) is 0. The van der Waals surface area contributed by atoms with Gasteiger partial charge in [0.1, 0.15) is 12.4 Å². The zero-order valence-electron chi connectivity index (χ0n) is 27.1. The van der Waals surface area contributed by atoms with Gasteiger partial charge in [0.05, 0.1) is 18.8 Å². The Morgan fingerprint density at radius 1 is 0.930 bits per heavy atom. The van der Waals surface area contributed by atoms with Gasteiger partial charge in [-0.15, -0.1) is 0 Å². The maximum Gasteiger partial charge on any atom is 0.306 e. The number of hydrogen-bond donors (Lipinski definition) is 3. The van der Waals surface area contributed by atoms with Gasteiger partial charge in [0.15, 0.2) is 6.10 Å². The van der Waals surface area contributed by atoms with Gasteiger partial charge in [0.25, 0.3) is 0 Å². The van der Waals surface area contributed by atoms with Crippen LogP contribution in [0.3, 0.4) is 0 Å². The number of ether oxygens (including phenoxy) is 2. The zero-order valence-corrected chi connectivity index (χ0v) is 27.1. The van der Waals surface area contributed by atoms with Crippen molar-refractivity contribution in [1.29, 1.82) is 0 Å². The number of unbranched alkanes of at least 4 members (excludes halogenated alkanes) is 8. The first-order valence-electron chi connectivity index (χ1n) is 16.9. The summed E-state index contributed by atoms with van der Waals surface area (Å²) >= 11 is 0. The van der Waals surface area contributed by atoms with E-state index in [1.54, 1.807) is 12.2 Å². The second-order valence-electron chi connectivity index (χ2n) is 12.5. The molecular weight excluding hydrogens is 548 g/mol. The summed E-state index contributed by atoms with van der Waals surface area (Å²) in [5, 5.41) is 30.0. The molecule has 5 atom stereocenters. The summed E-state index contributed by atoms with van der Waals surface area (Å²) in [6.45, 7) is 6.02. The molecule has 0 heterocycles. The van der Waals surface area contributed by atoms with E-state index in [1.165, 1.54) is 25.7 Å². The average Bonchev–Trinajstić information content (AvgIpc) is 3.24. The largest absolute Gasteiger partial charge is 0.462 e. The molecule has 0 radical (unpaired) electrons. The van der Waals surface area contributed by atoms with Gasteiger partial charge in [-0.3, -0.25) is 14.4 Å². The predicted octanol–water partition coefficient (Wildman–Crippen LogP) is 6.39. The Morgan fingerprint density at radius 3 is 2.30 bits per heavy atom. The lowest BCUT2D eigenvalue weighted by Gasteiger charge is -2.16. The number of ketones is 1. The lowest BCUT2D eigenvalue weighted by molar-refractivity contribution is -0.161. The summed E-state index contributed by atoms with van der Waals surface area (Å²) in [7, 11) is 0. The first-order valence-corrected chi connectivity index (χ1v) is 16.9. The van der Waals surface area contributed by atoms with Crippen molar-refractivity contribution in [3.8, 4) is 0 Å². The van der Waals surface area contributed by atoms with Crippen molar-refractivity contribution in [2.45, 2.75) is 148 Å². The molecule has 0 aliphatic heterocycles. The van der Waals surface area contributed by atoms with Gasteiger partial charge in [-0.05, 0) is 38.0 Å². The number of rotatable bonds is 25. The average molecular weight is 609 g/mol. The summed E-state index contributed by atoms with van der Waals surface area (Å²) in [6, 6.07) is 0. The Morgan fingerprint density at radius 2 is 1.60 bits per heavy atom. The van der Waals surface area contributed by atoms with E-state index in [4.69, 9.17) is 9.47 Å². The van der Waals surface area contributed by atoms with Gasteiger partial charge in [-0.1, -0.05) is 103 Å². The molecule has 0 unspecified atom stereocenters. The van der Waals surface area contributed by atoms with Gasteiger partial charge in [-0.2, -0.15) is 0 Å². The fourth-order valence-corrected chi connectivity index (χ4v) is 5.36. The minimum Gasteiger partial charge on any atom is -0.462 e. The molecule has 0 amide bonds. The molecule has 3 N–H and O–H groups in total. The van der Waals surface area contributed by atoms with Gasteiger partial charge < -0.3 is 24.8 Å². The molecule has 0 aromatic carbocycles. The van der Waals surface area contributed by atoms with Crippen LogP contribution in [0.4, 0.5) is 0 Å². The number of carbonyl (C=O) groups is 3. The van der Waals surface area contributed by atoms with E-state index in [1.807, 2.05) is 12.2 Å². The number of aliphatic hydroxyl groups is 3. The van der Waals surface area contributed by atoms with Crippen LogP contribution < -0.4 is 0 Å². The number of Topliss-reactive ketones (excluding diaryl/α,β-unsaturated/α-hetero) is 1. The third-order valence-electron chi connectivity index (χ3n) is 8.04. The van der Waals surface area contributed by atoms with E-state index in [2.05, 4.69) is 20.8 Å². The van der Waals surface area contributed by atoms with Crippen LogP contribution >= 0.6 is 0 Å². The highest BCUT2D eigenvalue weighted by Gasteiger charge is 2.39. The molecule has 1 aliphatic rings. The van der Waals surface area contributed by atoms with Crippen LogP contribution in [0.5, 0.6) is 0 Å². The monoisotopic (exact) mass is 608 g/mol. The van der Waals surface area contributed by atoms with Gasteiger partial charge in [0, 0.05) is 31.1 Å². The van der Waals surface area contributed by atoms with E-state index < -0.39 is 30.9 Å². The second-order valence-corrected chi connectivity index (χ2v) is 12.5. The van der Waals surface area contributed by atoms with Gasteiger partial charge in [0.2, 0.25) is 0 Å². The number of carbonyl (C=O) groups excluding carboxylic acids is 3. The number of esters is 2. The molecule has 0 aromatic rings. The third-order valence-corrected chi connectivity index (χ3v) is 8.04. The second kappa shape index (κ2) is 24.3. The highest BCUT2D eigenvalue weighted by molar-refractivity contribution is 5.84. The van der Waals surface area contributed by atoms with Gasteiger partial charge >= 0.3 is 11.9 Å². The lowest BCUT2D eigenvalue weighted by atomic mass is 9.90. The first kappa shape index (κ1) is 39.0. The lowest BCUT2D eigenvalue weighted by Crippen LogP contribution is -2.28.